The number of amides is 1. The van der Waals surface area contributed by atoms with Crippen LogP contribution < -0.4 is 11.1 Å². The molecule has 2 heterocycles. The Labute approximate surface area is 116 Å². The number of carbonyl (C=O) groups excluding carboxylic acids is 1. The molecule has 106 valence electrons. The summed E-state index contributed by atoms with van der Waals surface area (Å²) >= 11 is 0. The van der Waals surface area contributed by atoms with Crippen molar-refractivity contribution in [2.45, 2.75) is 33.2 Å². The van der Waals surface area contributed by atoms with Crippen molar-refractivity contribution in [3.63, 3.8) is 0 Å². The Balaban J connectivity index is 2.01. The summed E-state index contributed by atoms with van der Waals surface area (Å²) in [5, 5.41) is 6.64. The lowest BCUT2D eigenvalue weighted by Crippen LogP contribution is -2.24. The van der Waals surface area contributed by atoms with Crippen LogP contribution in [0.3, 0.4) is 0 Å². The number of carbonyl (C=O) groups is 1. The van der Waals surface area contributed by atoms with E-state index in [9.17, 15) is 4.79 Å². The third-order valence-corrected chi connectivity index (χ3v) is 2.82. The number of nitrogen functional groups attached to an aromatic ring is 1. The van der Waals surface area contributed by atoms with Crippen LogP contribution in [0, 0.1) is 6.92 Å². The second-order valence-electron chi connectivity index (χ2n) is 4.79. The lowest BCUT2D eigenvalue weighted by Gasteiger charge is -2.05. The molecule has 0 radical (unpaired) electrons. The number of hydrogen-bond donors (Lipinski definition) is 2. The summed E-state index contributed by atoms with van der Waals surface area (Å²) in [6.45, 7) is 6.02. The highest BCUT2D eigenvalue weighted by atomic mass is 16.5. The van der Waals surface area contributed by atoms with Gasteiger partial charge in [-0.2, -0.15) is 0 Å². The van der Waals surface area contributed by atoms with Crippen molar-refractivity contribution in [1.82, 2.24) is 20.4 Å². The Kier molecular flexibility index (Phi) is 3.97. The summed E-state index contributed by atoms with van der Waals surface area (Å²) < 4.78 is 5.16. The summed E-state index contributed by atoms with van der Waals surface area (Å²) in [7, 11) is 0. The first-order valence-electron chi connectivity index (χ1n) is 6.30. The monoisotopic (exact) mass is 275 g/mol. The van der Waals surface area contributed by atoms with Gasteiger partial charge in [0.05, 0.1) is 17.8 Å². The summed E-state index contributed by atoms with van der Waals surface area (Å²) in [5.41, 5.74) is 7.06. The summed E-state index contributed by atoms with van der Waals surface area (Å²) in [6, 6.07) is 1.83. The standard InChI is InChI=1S/C13H17N5O2/c1-7(2)11-4-9(18-20-11)5-15-12(19)10-6-16-13(14)17-8(10)3/h4,6-7H,5H2,1-3H3,(H,15,19)(H2,14,16,17). The number of nitrogens with two attached hydrogens (primary N) is 1. The van der Waals surface area contributed by atoms with Crippen LogP contribution in [0.2, 0.25) is 0 Å². The Hall–Kier alpha value is -2.44. The minimum absolute atomic E-state index is 0.150. The van der Waals surface area contributed by atoms with Gasteiger partial charge >= 0.3 is 0 Å². The van der Waals surface area contributed by atoms with Gasteiger partial charge in [0.15, 0.2) is 0 Å². The Morgan fingerprint density at radius 1 is 1.50 bits per heavy atom. The van der Waals surface area contributed by atoms with Gasteiger partial charge in [-0.3, -0.25) is 4.79 Å². The predicted molar refractivity (Wildman–Crippen MR) is 72.9 cm³/mol. The molecule has 7 nitrogen and oxygen atoms in total. The highest BCUT2D eigenvalue weighted by Gasteiger charge is 2.13. The topological polar surface area (TPSA) is 107 Å². The van der Waals surface area contributed by atoms with Crippen LogP contribution in [0.5, 0.6) is 0 Å². The molecule has 0 aliphatic heterocycles. The van der Waals surface area contributed by atoms with E-state index in [0.717, 1.165) is 5.76 Å². The zero-order chi connectivity index (χ0) is 14.7. The lowest BCUT2D eigenvalue weighted by atomic mass is 10.1. The fourth-order valence-electron chi connectivity index (χ4n) is 1.66. The van der Waals surface area contributed by atoms with Crippen LogP contribution in [0.15, 0.2) is 16.8 Å². The van der Waals surface area contributed by atoms with Gasteiger partial charge in [-0.05, 0) is 6.92 Å². The molecular weight excluding hydrogens is 258 g/mol. The van der Waals surface area contributed by atoms with Crippen LogP contribution in [0.4, 0.5) is 5.95 Å². The normalized spacial score (nSPS) is 10.8. The van der Waals surface area contributed by atoms with E-state index in [0.29, 0.717) is 23.5 Å². The summed E-state index contributed by atoms with van der Waals surface area (Å²) in [5.74, 6) is 0.940. The molecular formula is C13H17N5O2. The number of aryl methyl sites for hydroxylation is 1. The molecule has 20 heavy (non-hydrogen) atoms. The maximum absolute atomic E-state index is 12.0. The van der Waals surface area contributed by atoms with E-state index in [4.69, 9.17) is 10.3 Å². The molecule has 1 amide bonds. The van der Waals surface area contributed by atoms with E-state index in [1.54, 1.807) is 6.92 Å². The third kappa shape index (κ3) is 3.11. The SMILES string of the molecule is Cc1nc(N)ncc1C(=O)NCc1cc(C(C)C)on1. The molecule has 0 aliphatic carbocycles. The van der Waals surface area contributed by atoms with Crippen molar-refractivity contribution in [3.05, 3.63) is 35.0 Å². The molecule has 0 atom stereocenters. The molecule has 7 heteroatoms. The molecule has 0 saturated carbocycles. The first-order chi connectivity index (χ1) is 9.47. The maximum Gasteiger partial charge on any atom is 0.255 e. The Bertz CT molecular complexity index is 621. The maximum atomic E-state index is 12.0. The van der Waals surface area contributed by atoms with Crippen molar-refractivity contribution >= 4 is 11.9 Å². The number of rotatable bonds is 4. The van der Waals surface area contributed by atoms with Gasteiger partial charge < -0.3 is 15.6 Å². The summed E-state index contributed by atoms with van der Waals surface area (Å²) in [6.07, 6.45) is 1.41. The number of hydrogen-bond acceptors (Lipinski definition) is 6. The lowest BCUT2D eigenvalue weighted by molar-refractivity contribution is 0.0948. The van der Waals surface area contributed by atoms with Gasteiger partial charge in [-0.1, -0.05) is 19.0 Å². The van der Waals surface area contributed by atoms with Crippen molar-refractivity contribution in [1.29, 1.82) is 0 Å². The molecule has 0 aliphatic rings. The Morgan fingerprint density at radius 2 is 2.25 bits per heavy atom. The smallest absolute Gasteiger partial charge is 0.255 e. The average molecular weight is 275 g/mol. The molecule has 2 rings (SSSR count). The van der Waals surface area contributed by atoms with Crippen LogP contribution in [0.25, 0.3) is 0 Å². The zero-order valence-electron chi connectivity index (χ0n) is 11.7. The van der Waals surface area contributed by atoms with E-state index in [1.807, 2.05) is 19.9 Å². The van der Waals surface area contributed by atoms with Crippen LogP contribution in [-0.4, -0.2) is 21.0 Å². The molecule has 0 unspecified atom stereocenters. The van der Waals surface area contributed by atoms with Crippen LogP contribution in [0.1, 0.15) is 47.3 Å². The number of nitrogens with one attached hydrogen (secondary N) is 1. The molecule has 0 aromatic carbocycles. The number of anilines is 1. The van der Waals surface area contributed by atoms with Crippen molar-refractivity contribution in [2.75, 3.05) is 5.73 Å². The fourth-order valence-corrected chi connectivity index (χ4v) is 1.66. The third-order valence-electron chi connectivity index (χ3n) is 2.82. The molecule has 0 bridgehead atoms. The van der Waals surface area contributed by atoms with Gasteiger partial charge in [0.2, 0.25) is 5.95 Å². The second-order valence-corrected chi connectivity index (χ2v) is 4.79. The largest absolute Gasteiger partial charge is 0.368 e. The number of nitrogens with zero attached hydrogens (tertiary/aromatic N) is 3. The van der Waals surface area contributed by atoms with Crippen molar-refractivity contribution < 1.29 is 9.32 Å². The van der Waals surface area contributed by atoms with Gasteiger partial charge in [0, 0.05) is 18.2 Å². The first-order valence-corrected chi connectivity index (χ1v) is 6.30. The first kappa shape index (κ1) is 14.0. The van der Waals surface area contributed by atoms with Gasteiger partial charge in [-0.15, -0.1) is 0 Å². The molecule has 3 N–H and O–H groups in total. The number of aromatic nitrogens is 3. The van der Waals surface area contributed by atoms with E-state index >= 15 is 0 Å². The van der Waals surface area contributed by atoms with E-state index in [2.05, 4.69) is 20.4 Å². The highest BCUT2D eigenvalue weighted by Crippen LogP contribution is 2.15. The minimum Gasteiger partial charge on any atom is -0.368 e. The average Bonchev–Trinajstić information content (AvgIpc) is 2.85. The van der Waals surface area contributed by atoms with Crippen molar-refractivity contribution in [3.8, 4) is 0 Å². The van der Waals surface area contributed by atoms with Crippen LogP contribution >= 0.6 is 0 Å². The van der Waals surface area contributed by atoms with Crippen molar-refractivity contribution in [2.24, 2.45) is 0 Å². The highest BCUT2D eigenvalue weighted by molar-refractivity contribution is 5.94. The van der Waals surface area contributed by atoms with Crippen LogP contribution in [-0.2, 0) is 6.54 Å². The van der Waals surface area contributed by atoms with Gasteiger partial charge in [-0.25, -0.2) is 9.97 Å². The van der Waals surface area contributed by atoms with Gasteiger partial charge in [0.1, 0.15) is 11.5 Å². The minimum atomic E-state index is -0.267. The summed E-state index contributed by atoms with van der Waals surface area (Å²) in [4.78, 5) is 19.8. The van der Waals surface area contributed by atoms with E-state index < -0.39 is 0 Å². The second kappa shape index (κ2) is 5.68. The molecule has 2 aromatic rings. The zero-order valence-corrected chi connectivity index (χ0v) is 11.7. The predicted octanol–water partition coefficient (Wildman–Crippen LogP) is 1.41. The Morgan fingerprint density at radius 3 is 2.85 bits per heavy atom. The van der Waals surface area contributed by atoms with E-state index in [-0.39, 0.29) is 17.8 Å². The molecule has 0 fully saturated rings. The molecule has 0 saturated heterocycles. The molecule has 2 aromatic heterocycles. The molecule has 0 spiro atoms. The van der Waals surface area contributed by atoms with E-state index in [1.165, 1.54) is 6.20 Å². The fraction of sp³-hybridized carbons (Fsp3) is 0.385. The van der Waals surface area contributed by atoms with Gasteiger partial charge in [0.25, 0.3) is 5.91 Å². The quantitative estimate of drug-likeness (QED) is 0.873.